The first kappa shape index (κ1) is 16.3. The molecule has 1 fully saturated rings. The maximum atomic E-state index is 12.4. The van der Waals surface area contributed by atoms with Gasteiger partial charge < -0.3 is 15.5 Å². The molecule has 2 N–H and O–H groups in total. The second-order valence-corrected chi connectivity index (χ2v) is 7.58. The van der Waals surface area contributed by atoms with Gasteiger partial charge in [-0.3, -0.25) is 4.79 Å². The number of nitrogen functional groups attached to an aromatic ring is 1. The molecule has 1 heterocycles. The number of nitrogens with two attached hydrogens (primary N) is 1. The molecular formula is C16H27N3OS. The van der Waals surface area contributed by atoms with Crippen molar-refractivity contribution < 1.29 is 4.79 Å². The molecule has 1 aromatic heterocycles. The van der Waals surface area contributed by atoms with E-state index in [0.717, 1.165) is 23.7 Å². The lowest BCUT2D eigenvalue weighted by atomic mass is 10.0. The van der Waals surface area contributed by atoms with E-state index in [1.807, 2.05) is 13.8 Å². The molecule has 1 aliphatic rings. The highest BCUT2D eigenvalue weighted by Crippen LogP contribution is 2.52. The molecular weight excluding hydrogens is 282 g/mol. The minimum absolute atomic E-state index is 0.00191. The van der Waals surface area contributed by atoms with Gasteiger partial charge in [-0.1, -0.05) is 13.8 Å². The molecule has 21 heavy (non-hydrogen) atoms. The number of carbonyl (C=O) groups excluding carboxylic acids is 1. The summed E-state index contributed by atoms with van der Waals surface area (Å²) in [6.07, 6.45) is 2.40. The molecule has 4 nitrogen and oxygen atoms in total. The van der Waals surface area contributed by atoms with E-state index in [0.29, 0.717) is 5.92 Å². The van der Waals surface area contributed by atoms with E-state index in [1.165, 1.54) is 23.4 Å². The molecule has 5 heteroatoms. The molecule has 118 valence electrons. The maximum Gasteiger partial charge on any atom is 0.177 e. The Bertz CT molecular complexity index is 518. The van der Waals surface area contributed by atoms with Gasteiger partial charge in [0.15, 0.2) is 5.78 Å². The molecule has 0 bridgehead atoms. The zero-order chi connectivity index (χ0) is 15.7. The molecule has 1 saturated carbocycles. The van der Waals surface area contributed by atoms with Crippen LogP contribution in [0.5, 0.6) is 0 Å². The number of rotatable bonds is 7. The first-order valence-electron chi connectivity index (χ1n) is 7.65. The maximum absolute atomic E-state index is 12.4. The van der Waals surface area contributed by atoms with Gasteiger partial charge in [0.2, 0.25) is 0 Å². The van der Waals surface area contributed by atoms with Crippen molar-refractivity contribution in [1.82, 2.24) is 4.90 Å². The molecule has 0 spiro atoms. The molecule has 0 amide bonds. The topological polar surface area (TPSA) is 49.6 Å². The third-order valence-corrected chi connectivity index (χ3v) is 5.28. The fraction of sp³-hybridized carbons (Fsp3) is 0.688. The van der Waals surface area contributed by atoms with Gasteiger partial charge in [0.1, 0.15) is 0 Å². The number of likely N-dealkylation sites (N-methyl/N-ethyl adjacent to an activating group) is 2. The van der Waals surface area contributed by atoms with Crippen LogP contribution in [0.15, 0.2) is 0 Å². The van der Waals surface area contributed by atoms with Crippen LogP contribution in [0.3, 0.4) is 0 Å². The highest BCUT2D eigenvalue weighted by molar-refractivity contribution is 7.19. The second-order valence-electron chi connectivity index (χ2n) is 6.58. The largest absolute Gasteiger partial charge is 0.397 e. The Kier molecular flexibility index (Phi) is 4.94. The highest BCUT2D eigenvalue weighted by Gasteiger charge is 2.34. The van der Waals surface area contributed by atoms with Crippen LogP contribution < -0.4 is 10.6 Å². The van der Waals surface area contributed by atoms with E-state index < -0.39 is 0 Å². The summed E-state index contributed by atoms with van der Waals surface area (Å²) in [5.41, 5.74) is 8.30. The predicted molar refractivity (Wildman–Crippen MR) is 91.7 cm³/mol. The Hall–Kier alpha value is -1.07. The van der Waals surface area contributed by atoms with Gasteiger partial charge >= 0.3 is 0 Å². The zero-order valence-electron chi connectivity index (χ0n) is 13.8. The molecule has 0 aliphatic heterocycles. The summed E-state index contributed by atoms with van der Waals surface area (Å²) in [5, 5.41) is 1.20. The van der Waals surface area contributed by atoms with Crippen molar-refractivity contribution in [2.75, 3.05) is 44.9 Å². The predicted octanol–water partition coefficient (Wildman–Crippen LogP) is 3.04. The minimum atomic E-state index is -0.00191. The average Bonchev–Trinajstić information content (AvgIpc) is 3.18. The standard InChI is InChI=1S/C16H27N3OS/c1-10(2)14(20)15-13(17)12(11-6-7-11)16(21-15)19(5)9-8-18(3)4/h10-11H,6-9,17H2,1-5H3. The first-order chi connectivity index (χ1) is 9.82. The van der Waals surface area contributed by atoms with Crippen molar-refractivity contribution in [3.8, 4) is 0 Å². The van der Waals surface area contributed by atoms with Gasteiger partial charge in [-0.25, -0.2) is 0 Å². The van der Waals surface area contributed by atoms with E-state index in [-0.39, 0.29) is 11.7 Å². The molecule has 0 aromatic carbocycles. The van der Waals surface area contributed by atoms with Crippen LogP contribution in [0.1, 0.15) is 47.8 Å². The normalized spacial score (nSPS) is 15.0. The molecule has 0 atom stereocenters. The van der Waals surface area contributed by atoms with Gasteiger partial charge in [0, 0.05) is 31.6 Å². The van der Waals surface area contributed by atoms with Crippen molar-refractivity contribution in [3.63, 3.8) is 0 Å². The van der Waals surface area contributed by atoms with Crippen LogP contribution in [-0.4, -0.2) is 44.9 Å². The number of thiophene rings is 1. The molecule has 0 radical (unpaired) electrons. The second kappa shape index (κ2) is 6.36. The van der Waals surface area contributed by atoms with Gasteiger partial charge in [-0.2, -0.15) is 0 Å². The molecule has 0 saturated heterocycles. The quantitative estimate of drug-likeness (QED) is 0.787. The zero-order valence-corrected chi connectivity index (χ0v) is 14.6. The Balaban J connectivity index is 2.31. The van der Waals surface area contributed by atoms with Gasteiger partial charge in [-0.05, 0) is 32.9 Å². The lowest BCUT2D eigenvalue weighted by Crippen LogP contribution is -2.28. The van der Waals surface area contributed by atoms with Crippen LogP contribution in [0.25, 0.3) is 0 Å². The van der Waals surface area contributed by atoms with E-state index >= 15 is 0 Å². The summed E-state index contributed by atoms with van der Waals surface area (Å²) in [5.74, 6) is 0.733. The number of nitrogens with zero attached hydrogens (tertiary/aromatic N) is 2. The molecule has 2 rings (SSSR count). The van der Waals surface area contributed by atoms with Crippen LogP contribution in [0.4, 0.5) is 10.7 Å². The number of anilines is 2. The summed E-state index contributed by atoms with van der Waals surface area (Å²) in [6.45, 7) is 5.81. The Labute approximate surface area is 131 Å². The summed E-state index contributed by atoms with van der Waals surface area (Å²) < 4.78 is 0. The monoisotopic (exact) mass is 309 g/mol. The van der Waals surface area contributed by atoms with E-state index in [1.54, 1.807) is 11.3 Å². The third kappa shape index (κ3) is 3.58. The Morgan fingerprint density at radius 2 is 1.90 bits per heavy atom. The van der Waals surface area contributed by atoms with E-state index in [2.05, 4.69) is 30.9 Å². The summed E-state index contributed by atoms with van der Waals surface area (Å²) >= 11 is 1.58. The fourth-order valence-corrected chi connectivity index (χ4v) is 3.77. The number of Topliss-reactive ketones (excluding diaryl/α,β-unsaturated/α-hetero) is 1. The van der Waals surface area contributed by atoms with E-state index in [9.17, 15) is 4.79 Å². The van der Waals surface area contributed by atoms with Crippen molar-refractivity contribution in [3.05, 3.63) is 10.4 Å². The SMILES string of the molecule is CC(C)C(=O)c1sc(N(C)CCN(C)C)c(C2CC2)c1N. The smallest absolute Gasteiger partial charge is 0.177 e. The van der Waals surface area contributed by atoms with Crippen LogP contribution in [0, 0.1) is 5.92 Å². The van der Waals surface area contributed by atoms with E-state index in [4.69, 9.17) is 5.73 Å². The fourth-order valence-electron chi connectivity index (χ4n) is 2.39. The van der Waals surface area contributed by atoms with Crippen LogP contribution in [-0.2, 0) is 0 Å². The van der Waals surface area contributed by atoms with Crippen LogP contribution >= 0.6 is 11.3 Å². The summed E-state index contributed by atoms with van der Waals surface area (Å²) in [4.78, 5) is 17.6. The Morgan fingerprint density at radius 1 is 1.29 bits per heavy atom. The molecule has 0 unspecified atom stereocenters. The van der Waals surface area contributed by atoms with Gasteiger partial charge in [0.05, 0.1) is 15.6 Å². The molecule has 1 aromatic rings. The number of hydrogen-bond acceptors (Lipinski definition) is 5. The van der Waals surface area contributed by atoms with Crippen LogP contribution in [0.2, 0.25) is 0 Å². The Morgan fingerprint density at radius 3 is 2.38 bits per heavy atom. The number of ketones is 1. The minimum Gasteiger partial charge on any atom is -0.397 e. The van der Waals surface area contributed by atoms with Gasteiger partial charge in [-0.15, -0.1) is 11.3 Å². The first-order valence-corrected chi connectivity index (χ1v) is 8.46. The van der Waals surface area contributed by atoms with Gasteiger partial charge in [0.25, 0.3) is 0 Å². The summed E-state index contributed by atoms with van der Waals surface area (Å²) in [7, 11) is 6.25. The van der Waals surface area contributed by atoms with Crippen molar-refractivity contribution in [2.45, 2.75) is 32.6 Å². The number of carbonyl (C=O) groups is 1. The lowest BCUT2D eigenvalue weighted by molar-refractivity contribution is 0.0944. The summed E-state index contributed by atoms with van der Waals surface area (Å²) in [6, 6.07) is 0. The third-order valence-electron chi connectivity index (χ3n) is 3.93. The molecule has 1 aliphatic carbocycles. The highest BCUT2D eigenvalue weighted by atomic mass is 32.1. The van der Waals surface area contributed by atoms with Crippen molar-refractivity contribution in [2.24, 2.45) is 5.92 Å². The lowest BCUT2D eigenvalue weighted by Gasteiger charge is -2.21. The van der Waals surface area contributed by atoms with Crippen molar-refractivity contribution >= 4 is 27.8 Å². The van der Waals surface area contributed by atoms with Crippen molar-refractivity contribution in [1.29, 1.82) is 0 Å². The number of hydrogen-bond donors (Lipinski definition) is 1. The average molecular weight is 309 g/mol.